The number of aliphatic hydroxyl groups excluding tert-OH is 1. The number of halogens is 1. The molecule has 20 heavy (non-hydrogen) atoms. The summed E-state index contributed by atoms with van der Waals surface area (Å²) in [6.45, 7) is 7.22. The highest BCUT2D eigenvalue weighted by Crippen LogP contribution is 2.22. The molecule has 0 aromatic carbocycles. The van der Waals surface area contributed by atoms with Crippen molar-refractivity contribution in [1.29, 1.82) is 0 Å². The first kappa shape index (κ1) is 15.0. The van der Waals surface area contributed by atoms with E-state index in [9.17, 15) is 5.11 Å². The van der Waals surface area contributed by atoms with Crippen molar-refractivity contribution in [1.82, 2.24) is 24.8 Å². The molecule has 0 saturated carbocycles. The third kappa shape index (κ3) is 2.86. The predicted molar refractivity (Wildman–Crippen MR) is 76.7 cm³/mol. The average Bonchev–Trinajstić information content (AvgIpc) is 3.04. The second-order valence-electron chi connectivity index (χ2n) is 4.64. The SMILES string of the molecule is CCc1nn(CC)c(Cn2cc(C(O)CC)nn2)c1Cl. The van der Waals surface area contributed by atoms with Gasteiger partial charge in [0.15, 0.2) is 0 Å². The minimum Gasteiger partial charge on any atom is -0.387 e. The maximum absolute atomic E-state index is 9.75. The standard InChI is InChI=1S/C13H20ClN5O/c1-4-9-13(14)11(19(6-3)16-9)8-18-7-10(15-17-18)12(20)5-2/h7,12,20H,4-6,8H2,1-3H3. The summed E-state index contributed by atoms with van der Waals surface area (Å²) < 4.78 is 3.57. The molecule has 2 aromatic heterocycles. The number of aryl methyl sites for hydroxylation is 2. The Kier molecular flexibility index (Phi) is 4.77. The van der Waals surface area contributed by atoms with Crippen LogP contribution in [0.15, 0.2) is 6.20 Å². The van der Waals surface area contributed by atoms with Gasteiger partial charge < -0.3 is 5.11 Å². The third-order valence-electron chi connectivity index (χ3n) is 3.29. The summed E-state index contributed by atoms with van der Waals surface area (Å²) in [7, 11) is 0. The topological polar surface area (TPSA) is 68.8 Å². The molecule has 2 rings (SSSR count). The van der Waals surface area contributed by atoms with E-state index in [1.165, 1.54) is 0 Å². The molecular weight excluding hydrogens is 278 g/mol. The first-order valence-corrected chi connectivity index (χ1v) is 7.30. The molecule has 7 heteroatoms. The van der Waals surface area contributed by atoms with E-state index < -0.39 is 6.10 Å². The van der Waals surface area contributed by atoms with Gasteiger partial charge in [0.1, 0.15) is 5.69 Å². The molecule has 0 saturated heterocycles. The molecule has 1 atom stereocenters. The molecule has 0 aliphatic carbocycles. The Balaban J connectivity index is 2.25. The van der Waals surface area contributed by atoms with Crippen molar-refractivity contribution in [3.05, 3.63) is 28.3 Å². The van der Waals surface area contributed by atoms with Gasteiger partial charge in [0.05, 0.1) is 35.3 Å². The quantitative estimate of drug-likeness (QED) is 0.887. The Bertz CT molecular complexity index is 577. The van der Waals surface area contributed by atoms with Crippen molar-refractivity contribution >= 4 is 11.6 Å². The van der Waals surface area contributed by atoms with Crippen LogP contribution in [0, 0.1) is 0 Å². The second kappa shape index (κ2) is 6.37. The zero-order chi connectivity index (χ0) is 14.7. The van der Waals surface area contributed by atoms with Gasteiger partial charge in [-0.25, -0.2) is 4.68 Å². The van der Waals surface area contributed by atoms with Gasteiger partial charge in [-0.3, -0.25) is 4.68 Å². The number of nitrogens with zero attached hydrogens (tertiary/aromatic N) is 5. The molecule has 0 radical (unpaired) electrons. The van der Waals surface area contributed by atoms with Crippen molar-refractivity contribution in [2.24, 2.45) is 0 Å². The zero-order valence-corrected chi connectivity index (χ0v) is 12.8. The predicted octanol–water partition coefficient (Wildman–Crippen LogP) is 2.20. The molecule has 2 heterocycles. The fourth-order valence-electron chi connectivity index (χ4n) is 2.07. The number of aliphatic hydroxyl groups is 1. The number of rotatable bonds is 6. The highest BCUT2D eigenvalue weighted by atomic mass is 35.5. The fourth-order valence-corrected chi connectivity index (χ4v) is 2.40. The Morgan fingerprint density at radius 1 is 1.35 bits per heavy atom. The highest BCUT2D eigenvalue weighted by molar-refractivity contribution is 6.31. The van der Waals surface area contributed by atoms with Crippen molar-refractivity contribution < 1.29 is 5.11 Å². The van der Waals surface area contributed by atoms with Crippen LogP contribution in [0.1, 0.15) is 50.4 Å². The average molecular weight is 298 g/mol. The van der Waals surface area contributed by atoms with Crippen molar-refractivity contribution in [3.8, 4) is 0 Å². The molecule has 0 fully saturated rings. The van der Waals surface area contributed by atoms with Gasteiger partial charge >= 0.3 is 0 Å². The summed E-state index contributed by atoms with van der Waals surface area (Å²) in [5.74, 6) is 0. The summed E-state index contributed by atoms with van der Waals surface area (Å²) in [4.78, 5) is 0. The Morgan fingerprint density at radius 2 is 2.10 bits per heavy atom. The Morgan fingerprint density at radius 3 is 2.70 bits per heavy atom. The Labute approximate surface area is 123 Å². The molecule has 0 bridgehead atoms. The van der Waals surface area contributed by atoms with E-state index in [-0.39, 0.29) is 0 Å². The van der Waals surface area contributed by atoms with E-state index >= 15 is 0 Å². The van der Waals surface area contributed by atoms with Crippen LogP contribution in [-0.4, -0.2) is 29.9 Å². The van der Waals surface area contributed by atoms with Gasteiger partial charge in [-0.2, -0.15) is 5.10 Å². The van der Waals surface area contributed by atoms with E-state index in [1.807, 2.05) is 25.5 Å². The number of hydrogen-bond donors (Lipinski definition) is 1. The van der Waals surface area contributed by atoms with E-state index in [4.69, 9.17) is 11.6 Å². The zero-order valence-electron chi connectivity index (χ0n) is 12.0. The summed E-state index contributed by atoms with van der Waals surface area (Å²) in [6, 6.07) is 0. The molecule has 1 unspecified atom stereocenters. The molecule has 0 aliphatic rings. The minimum absolute atomic E-state index is 0.503. The lowest BCUT2D eigenvalue weighted by molar-refractivity contribution is 0.168. The lowest BCUT2D eigenvalue weighted by Crippen LogP contribution is -2.09. The molecule has 6 nitrogen and oxygen atoms in total. The first-order chi connectivity index (χ1) is 9.60. The van der Waals surface area contributed by atoms with Crippen LogP contribution in [0.3, 0.4) is 0 Å². The van der Waals surface area contributed by atoms with Gasteiger partial charge in [-0.15, -0.1) is 5.10 Å². The van der Waals surface area contributed by atoms with Gasteiger partial charge in [0.25, 0.3) is 0 Å². The van der Waals surface area contributed by atoms with E-state index in [2.05, 4.69) is 15.4 Å². The van der Waals surface area contributed by atoms with Crippen molar-refractivity contribution in [2.45, 2.75) is 52.8 Å². The van der Waals surface area contributed by atoms with E-state index in [0.717, 1.165) is 24.4 Å². The monoisotopic (exact) mass is 297 g/mol. The van der Waals surface area contributed by atoms with Crippen LogP contribution in [0.2, 0.25) is 5.02 Å². The largest absolute Gasteiger partial charge is 0.387 e. The van der Waals surface area contributed by atoms with Crippen LogP contribution in [0.5, 0.6) is 0 Å². The number of hydrogen-bond acceptors (Lipinski definition) is 4. The van der Waals surface area contributed by atoms with Gasteiger partial charge in [0.2, 0.25) is 0 Å². The van der Waals surface area contributed by atoms with Crippen LogP contribution in [0.25, 0.3) is 0 Å². The third-order valence-corrected chi connectivity index (χ3v) is 3.73. The van der Waals surface area contributed by atoms with E-state index in [0.29, 0.717) is 23.7 Å². The summed E-state index contributed by atoms with van der Waals surface area (Å²) in [5, 5.41) is 22.9. The van der Waals surface area contributed by atoms with Crippen LogP contribution in [-0.2, 0) is 19.5 Å². The summed E-state index contributed by atoms with van der Waals surface area (Å²) >= 11 is 6.36. The van der Waals surface area contributed by atoms with E-state index in [1.54, 1.807) is 10.9 Å². The van der Waals surface area contributed by atoms with Gasteiger partial charge in [0, 0.05) is 6.54 Å². The number of aromatic nitrogens is 5. The molecule has 110 valence electrons. The van der Waals surface area contributed by atoms with Gasteiger partial charge in [-0.05, 0) is 19.8 Å². The smallest absolute Gasteiger partial charge is 0.111 e. The molecule has 0 aliphatic heterocycles. The van der Waals surface area contributed by atoms with Gasteiger partial charge in [-0.1, -0.05) is 30.7 Å². The minimum atomic E-state index is -0.568. The fraction of sp³-hybridized carbons (Fsp3) is 0.615. The second-order valence-corrected chi connectivity index (χ2v) is 5.02. The molecule has 0 amide bonds. The maximum Gasteiger partial charge on any atom is 0.111 e. The summed E-state index contributed by atoms with van der Waals surface area (Å²) in [5.41, 5.74) is 2.41. The highest BCUT2D eigenvalue weighted by Gasteiger charge is 2.16. The maximum atomic E-state index is 9.75. The van der Waals surface area contributed by atoms with Crippen LogP contribution < -0.4 is 0 Å². The van der Waals surface area contributed by atoms with Crippen molar-refractivity contribution in [2.75, 3.05) is 0 Å². The molecule has 0 spiro atoms. The van der Waals surface area contributed by atoms with Crippen LogP contribution in [0.4, 0.5) is 0 Å². The first-order valence-electron chi connectivity index (χ1n) is 6.92. The van der Waals surface area contributed by atoms with Crippen LogP contribution >= 0.6 is 11.6 Å². The molecule has 1 N–H and O–H groups in total. The summed E-state index contributed by atoms with van der Waals surface area (Å²) in [6.07, 6.45) is 2.60. The normalized spacial score (nSPS) is 12.8. The molecular formula is C13H20ClN5O. The lowest BCUT2D eigenvalue weighted by Gasteiger charge is -2.05. The lowest BCUT2D eigenvalue weighted by atomic mass is 10.2. The Hall–Kier alpha value is -1.40. The van der Waals surface area contributed by atoms with Crippen molar-refractivity contribution in [3.63, 3.8) is 0 Å². The molecule has 2 aromatic rings.